The molecule has 0 spiro atoms. The van der Waals surface area contributed by atoms with E-state index in [1.807, 2.05) is 36.4 Å². The average Bonchev–Trinajstić information content (AvgIpc) is 3.10. The standard InChI is InChI=1S/C29H25NO4/c1-18-7-16-27-25(17-18)24-5-3-4-6-26(24)29(27,20-8-12-22(13-9-20)33-19(2)31)21-10-14-23(15-11-21)34-28(30)32/h3-16,18H,17H2,1-2H3,(H2,30,32). The second-order valence-electron chi connectivity index (χ2n) is 8.79. The number of amides is 1. The molecule has 5 nitrogen and oxygen atoms in total. The molecular weight excluding hydrogens is 426 g/mol. The van der Waals surface area contributed by atoms with Crippen molar-refractivity contribution in [3.63, 3.8) is 0 Å². The van der Waals surface area contributed by atoms with E-state index in [0.717, 1.165) is 17.5 Å². The summed E-state index contributed by atoms with van der Waals surface area (Å²) in [5, 5.41) is 0. The Morgan fingerprint density at radius 1 is 0.882 bits per heavy atom. The van der Waals surface area contributed by atoms with Crippen molar-refractivity contribution >= 4 is 17.6 Å². The summed E-state index contributed by atoms with van der Waals surface area (Å²) in [6.45, 7) is 3.62. The van der Waals surface area contributed by atoms with Gasteiger partial charge < -0.3 is 15.2 Å². The van der Waals surface area contributed by atoms with Crippen LogP contribution in [0.4, 0.5) is 4.79 Å². The number of hydrogen-bond donors (Lipinski definition) is 1. The van der Waals surface area contributed by atoms with Gasteiger partial charge in [-0.3, -0.25) is 4.79 Å². The van der Waals surface area contributed by atoms with Crippen molar-refractivity contribution in [2.45, 2.75) is 25.7 Å². The fraction of sp³-hybridized carbons (Fsp3) is 0.172. The number of hydrogen-bond acceptors (Lipinski definition) is 4. The minimum absolute atomic E-state index is 0.354. The normalized spacial score (nSPS) is 20.5. The summed E-state index contributed by atoms with van der Waals surface area (Å²) in [5.74, 6) is 0.989. The third-order valence-corrected chi connectivity index (χ3v) is 6.56. The van der Waals surface area contributed by atoms with E-state index in [9.17, 15) is 9.59 Å². The summed E-state index contributed by atoms with van der Waals surface area (Å²) in [6, 6.07) is 23.7. The number of ether oxygens (including phenoxy) is 2. The number of carbonyl (C=O) groups is 2. The van der Waals surface area contributed by atoms with Gasteiger partial charge in [-0.15, -0.1) is 0 Å². The summed E-state index contributed by atoms with van der Waals surface area (Å²) >= 11 is 0. The first-order chi connectivity index (χ1) is 16.4. The zero-order chi connectivity index (χ0) is 23.9. The molecule has 2 aliphatic rings. The minimum Gasteiger partial charge on any atom is -0.427 e. The van der Waals surface area contributed by atoms with Gasteiger partial charge in [-0.25, -0.2) is 4.79 Å². The summed E-state index contributed by atoms with van der Waals surface area (Å²) in [5.41, 5.74) is 11.7. The van der Waals surface area contributed by atoms with Crippen LogP contribution in [0.2, 0.25) is 0 Å². The molecule has 5 rings (SSSR count). The summed E-state index contributed by atoms with van der Waals surface area (Å²) in [4.78, 5) is 22.7. The molecule has 3 aromatic carbocycles. The molecule has 170 valence electrons. The van der Waals surface area contributed by atoms with Gasteiger partial charge in [0.1, 0.15) is 11.5 Å². The number of esters is 1. The van der Waals surface area contributed by atoms with Crippen molar-refractivity contribution in [1.82, 2.24) is 0 Å². The predicted molar refractivity (Wildman–Crippen MR) is 131 cm³/mol. The van der Waals surface area contributed by atoms with Crippen molar-refractivity contribution < 1.29 is 19.1 Å². The topological polar surface area (TPSA) is 78.6 Å². The third-order valence-electron chi connectivity index (χ3n) is 6.56. The first kappa shape index (κ1) is 21.7. The van der Waals surface area contributed by atoms with E-state index in [-0.39, 0.29) is 5.97 Å². The Morgan fingerprint density at radius 3 is 2.06 bits per heavy atom. The molecule has 0 aliphatic heterocycles. The van der Waals surface area contributed by atoms with Crippen molar-refractivity contribution in [2.75, 3.05) is 0 Å². The van der Waals surface area contributed by atoms with E-state index in [4.69, 9.17) is 15.2 Å². The molecule has 0 fully saturated rings. The Morgan fingerprint density at radius 2 is 1.47 bits per heavy atom. The number of rotatable bonds is 4. The molecule has 0 saturated carbocycles. The molecule has 0 radical (unpaired) electrons. The molecule has 5 heteroatoms. The number of carbonyl (C=O) groups excluding carboxylic acids is 2. The zero-order valence-corrected chi connectivity index (χ0v) is 19.1. The fourth-order valence-corrected chi connectivity index (χ4v) is 5.30. The van der Waals surface area contributed by atoms with Crippen molar-refractivity contribution in [1.29, 1.82) is 0 Å². The number of primary amides is 1. The van der Waals surface area contributed by atoms with Crippen molar-refractivity contribution in [3.8, 4) is 11.5 Å². The van der Waals surface area contributed by atoms with Crippen LogP contribution in [0.5, 0.6) is 11.5 Å². The van der Waals surface area contributed by atoms with E-state index in [1.54, 1.807) is 12.1 Å². The van der Waals surface area contributed by atoms with Gasteiger partial charge in [0.15, 0.2) is 0 Å². The number of fused-ring (bicyclic) bond motifs is 2. The van der Waals surface area contributed by atoms with E-state index in [2.05, 4.69) is 43.3 Å². The molecule has 0 aromatic heterocycles. The lowest BCUT2D eigenvalue weighted by atomic mass is 9.66. The molecular formula is C29H25NO4. The molecule has 0 heterocycles. The lowest BCUT2D eigenvalue weighted by molar-refractivity contribution is -0.131. The molecule has 0 bridgehead atoms. The largest absolute Gasteiger partial charge is 0.427 e. The lowest BCUT2D eigenvalue weighted by Gasteiger charge is -2.35. The first-order valence-corrected chi connectivity index (χ1v) is 11.3. The predicted octanol–water partition coefficient (Wildman–Crippen LogP) is 5.77. The first-order valence-electron chi connectivity index (χ1n) is 11.3. The SMILES string of the molecule is CC(=O)Oc1ccc(C2(c3ccc(OC(N)=O)cc3)C3=C(CC(C)C=C3)c3ccccc32)cc1. The van der Waals surface area contributed by atoms with Gasteiger partial charge in [0, 0.05) is 6.92 Å². The molecule has 2 unspecified atom stereocenters. The van der Waals surface area contributed by atoms with Crippen LogP contribution in [0.1, 0.15) is 42.5 Å². The maximum Gasteiger partial charge on any atom is 0.409 e. The zero-order valence-electron chi connectivity index (χ0n) is 19.1. The fourth-order valence-electron chi connectivity index (χ4n) is 5.30. The molecule has 2 N–H and O–H groups in total. The van der Waals surface area contributed by atoms with Gasteiger partial charge in [-0.1, -0.05) is 67.6 Å². The van der Waals surface area contributed by atoms with Gasteiger partial charge >= 0.3 is 12.1 Å². The highest BCUT2D eigenvalue weighted by molar-refractivity contribution is 5.88. The van der Waals surface area contributed by atoms with E-state index >= 15 is 0 Å². The molecule has 0 saturated heterocycles. The summed E-state index contributed by atoms with van der Waals surface area (Å²) in [7, 11) is 0. The van der Waals surface area contributed by atoms with Crippen LogP contribution >= 0.6 is 0 Å². The summed E-state index contributed by atoms with van der Waals surface area (Å²) in [6.07, 6.45) is 4.62. The monoisotopic (exact) mass is 451 g/mol. The highest BCUT2D eigenvalue weighted by atomic mass is 16.5. The van der Waals surface area contributed by atoms with Gasteiger partial charge in [-0.05, 0) is 70.0 Å². The Hall–Kier alpha value is -4.12. The van der Waals surface area contributed by atoms with Crippen LogP contribution in [0.25, 0.3) is 5.57 Å². The Balaban J connectivity index is 1.76. The highest BCUT2D eigenvalue weighted by Gasteiger charge is 2.47. The smallest absolute Gasteiger partial charge is 0.409 e. The maximum absolute atomic E-state index is 11.4. The molecule has 3 aromatic rings. The van der Waals surface area contributed by atoms with Crippen LogP contribution < -0.4 is 15.2 Å². The van der Waals surface area contributed by atoms with Gasteiger partial charge in [0.2, 0.25) is 0 Å². The lowest BCUT2D eigenvalue weighted by Crippen LogP contribution is -2.30. The summed E-state index contributed by atoms with van der Waals surface area (Å²) < 4.78 is 10.4. The molecule has 34 heavy (non-hydrogen) atoms. The van der Waals surface area contributed by atoms with E-state index in [1.165, 1.54) is 29.2 Å². The Kier molecular flexibility index (Phi) is 5.33. The number of allylic oxidation sites excluding steroid dienone is 4. The van der Waals surface area contributed by atoms with Gasteiger partial charge in [0.25, 0.3) is 0 Å². The highest BCUT2D eigenvalue weighted by Crippen LogP contribution is 2.57. The van der Waals surface area contributed by atoms with E-state index < -0.39 is 11.5 Å². The number of nitrogens with two attached hydrogens (primary N) is 1. The van der Waals surface area contributed by atoms with Gasteiger partial charge in [0.05, 0.1) is 5.41 Å². The molecule has 2 atom stereocenters. The van der Waals surface area contributed by atoms with Crippen LogP contribution in [0, 0.1) is 5.92 Å². The second-order valence-corrected chi connectivity index (χ2v) is 8.79. The van der Waals surface area contributed by atoms with Crippen LogP contribution in [0.3, 0.4) is 0 Å². The molecule has 2 aliphatic carbocycles. The second kappa shape index (κ2) is 8.34. The quantitative estimate of drug-likeness (QED) is 0.404. The average molecular weight is 452 g/mol. The Labute approximate surface area is 198 Å². The van der Waals surface area contributed by atoms with Crippen LogP contribution in [-0.2, 0) is 10.2 Å². The van der Waals surface area contributed by atoms with Crippen molar-refractivity contribution in [3.05, 3.63) is 113 Å². The van der Waals surface area contributed by atoms with E-state index in [0.29, 0.717) is 17.4 Å². The van der Waals surface area contributed by atoms with Crippen LogP contribution in [0.15, 0.2) is 90.5 Å². The van der Waals surface area contributed by atoms with Gasteiger partial charge in [-0.2, -0.15) is 0 Å². The number of benzene rings is 3. The van der Waals surface area contributed by atoms with Crippen molar-refractivity contribution in [2.24, 2.45) is 11.7 Å². The maximum atomic E-state index is 11.4. The Bertz CT molecular complexity index is 1270. The van der Waals surface area contributed by atoms with Crippen LogP contribution in [-0.4, -0.2) is 12.1 Å². The molecule has 1 amide bonds. The third kappa shape index (κ3) is 3.50. The minimum atomic E-state index is -0.844.